The molecule has 1 aliphatic rings. The highest BCUT2D eigenvalue weighted by Crippen LogP contribution is 2.13. The van der Waals surface area contributed by atoms with Gasteiger partial charge in [0.05, 0.1) is 0 Å². The first-order valence-corrected chi connectivity index (χ1v) is 6.41. The molecule has 0 bridgehead atoms. The lowest BCUT2D eigenvalue weighted by atomic mass is 10.1. The molecular formula is C13H16BrN3. The van der Waals surface area contributed by atoms with E-state index in [-0.39, 0.29) is 6.29 Å². The van der Waals surface area contributed by atoms with Gasteiger partial charge in [0.15, 0.2) is 6.29 Å². The quantitative estimate of drug-likeness (QED) is 0.930. The van der Waals surface area contributed by atoms with E-state index < -0.39 is 0 Å². The van der Waals surface area contributed by atoms with Gasteiger partial charge in [0.25, 0.3) is 0 Å². The van der Waals surface area contributed by atoms with Gasteiger partial charge in [0.2, 0.25) is 0 Å². The first kappa shape index (κ1) is 12.3. The second-order valence-electron chi connectivity index (χ2n) is 4.14. The molecule has 3 nitrogen and oxygen atoms in total. The van der Waals surface area contributed by atoms with Crippen molar-refractivity contribution in [3.8, 4) is 0 Å². The molecule has 0 aromatic heterocycles. The molecule has 0 radical (unpaired) electrons. The van der Waals surface area contributed by atoms with Gasteiger partial charge in [0, 0.05) is 23.4 Å². The number of nitrogens with two attached hydrogens (primary N) is 1. The van der Waals surface area contributed by atoms with E-state index in [2.05, 4.69) is 45.2 Å². The first-order valence-electron chi connectivity index (χ1n) is 5.62. The second-order valence-corrected chi connectivity index (χ2v) is 5.06. The number of aliphatic imine (C=N–C) groups is 1. The monoisotopic (exact) mass is 293 g/mol. The number of rotatable bonds is 3. The van der Waals surface area contributed by atoms with Crippen molar-refractivity contribution in [1.82, 2.24) is 4.90 Å². The maximum atomic E-state index is 5.84. The summed E-state index contributed by atoms with van der Waals surface area (Å²) in [5.41, 5.74) is 8.22. The smallest absolute Gasteiger partial charge is 0.173 e. The standard InChI is InChI=1S/C13H16BrN3/c1-17-9-8-12(16-13(17)15)7-4-10-2-5-11(14)6-3-10/h2-3,5-6,8-9,13H,4,7,15H2,1H3. The molecule has 0 spiro atoms. The van der Waals surface area contributed by atoms with Crippen LogP contribution in [0.4, 0.5) is 0 Å². The summed E-state index contributed by atoms with van der Waals surface area (Å²) >= 11 is 3.43. The van der Waals surface area contributed by atoms with Crippen molar-refractivity contribution in [2.45, 2.75) is 19.1 Å². The van der Waals surface area contributed by atoms with Gasteiger partial charge < -0.3 is 4.90 Å². The SMILES string of the molecule is CN1C=CC(CCc2ccc(Br)cc2)=NC1N. The summed E-state index contributed by atoms with van der Waals surface area (Å²) in [6.07, 6.45) is 5.70. The Morgan fingerprint density at radius 2 is 2.00 bits per heavy atom. The van der Waals surface area contributed by atoms with Crippen molar-refractivity contribution in [1.29, 1.82) is 0 Å². The maximum Gasteiger partial charge on any atom is 0.173 e. The summed E-state index contributed by atoms with van der Waals surface area (Å²) in [6.45, 7) is 0. The van der Waals surface area contributed by atoms with Crippen molar-refractivity contribution < 1.29 is 0 Å². The number of nitrogens with zero attached hydrogens (tertiary/aromatic N) is 2. The fraction of sp³-hybridized carbons (Fsp3) is 0.308. The third-order valence-electron chi connectivity index (χ3n) is 2.80. The Balaban J connectivity index is 1.93. The molecular weight excluding hydrogens is 278 g/mol. The lowest BCUT2D eigenvalue weighted by Gasteiger charge is -2.23. The van der Waals surface area contributed by atoms with Crippen LogP contribution in [0.2, 0.25) is 0 Å². The van der Waals surface area contributed by atoms with Crippen LogP contribution in [0.3, 0.4) is 0 Å². The van der Waals surface area contributed by atoms with Gasteiger partial charge in [-0.1, -0.05) is 28.1 Å². The van der Waals surface area contributed by atoms with Gasteiger partial charge in [-0.2, -0.15) is 0 Å². The molecule has 1 aromatic carbocycles. The molecule has 0 amide bonds. The number of hydrogen-bond donors (Lipinski definition) is 1. The summed E-state index contributed by atoms with van der Waals surface area (Å²) in [6, 6.07) is 8.38. The van der Waals surface area contributed by atoms with E-state index in [1.807, 2.05) is 24.2 Å². The van der Waals surface area contributed by atoms with Crippen LogP contribution < -0.4 is 5.73 Å². The molecule has 1 aliphatic heterocycles. The third kappa shape index (κ3) is 3.41. The summed E-state index contributed by atoms with van der Waals surface area (Å²) in [5, 5.41) is 0. The van der Waals surface area contributed by atoms with Crippen molar-refractivity contribution >= 4 is 21.6 Å². The van der Waals surface area contributed by atoms with Gasteiger partial charge in [0.1, 0.15) is 0 Å². The van der Waals surface area contributed by atoms with Gasteiger partial charge in [-0.05, 0) is 36.6 Å². The van der Waals surface area contributed by atoms with E-state index >= 15 is 0 Å². The molecule has 17 heavy (non-hydrogen) atoms. The lowest BCUT2D eigenvalue weighted by Crippen LogP contribution is -2.36. The fourth-order valence-electron chi connectivity index (χ4n) is 1.67. The maximum absolute atomic E-state index is 5.84. The van der Waals surface area contributed by atoms with E-state index in [4.69, 9.17) is 5.73 Å². The van der Waals surface area contributed by atoms with Crippen LogP contribution in [-0.2, 0) is 6.42 Å². The van der Waals surface area contributed by atoms with E-state index in [0.717, 1.165) is 23.0 Å². The molecule has 2 N–H and O–H groups in total. The zero-order valence-electron chi connectivity index (χ0n) is 9.81. The Hall–Kier alpha value is -1.13. The largest absolute Gasteiger partial charge is 0.347 e. The summed E-state index contributed by atoms with van der Waals surface area (Å²) in [4.78, 5) is 6.31. The average molecular weight is 294 g/mol. The molecule has 90 valence electrons. The van der Waals surface area contributed by atoms with E-state index in [9.17, 15) is 0 Å². The highest BCUT2D eigenvalue weighted by Gasteiger charge is 2.09. The van der Waals surface area contributed by atoms with Gasteiger partial charge in [-0.3, -0.25) is 10.7 Å². The minimum Gasteiger partial charge on any atom is -0.347 e. The molecule has 4 heteroatoms. The Morgan fingerprint density at radius 1 is 1.29 bits per heavy atom. The zero-order valence-corrected chi connectivity index (χ0v) is 11.4. The number of halogens is 1. The van der Waals surface area contributed by atoms with Crippen LogP contribution in [0, 0.1) is 0 Å². The Bertz CT molecular complexity index is 436. The van der Waals surface area contributed by atoms with Crippen molar-refractivity contribution in [2.75, 3.05) is 7.05 Å². The lowest BCUT2D eigenvalue weighted by molar-refractivity contribution is 0.343. The average Bonchev–Trinajstić information content (AvgIpc) is 2.33. The van der Waals surface area contributed by atoms with Crippen LogP contribution in [0.1, 0.15) is 12.0 Å². The number of allylic oxidation sites excluding steroid dienone is 1. The predicted octanol–water partition coefficient (Wildman–Crippen LogP) is 2.52. The van der Waals surface area contributed by atoms with E-state index in [1.165, 1.54) is 5.56 Å². The fourth-order valence-corrected chi connectivity index (χ4v) is 1.93. The Kier molecular flexibility index (Phi) is 3.97. The summed E-state index contributed by atoms with van der Waals surface area (Å²) < 4.78 is 1.11. The van der Waals surface area contributed by atoms with Gasteiger partial charge >= 0.3 is 0 Å². The number of benzene rings is 1. The Morgan fingerprint density at radius 3 is 2.65 bits per heavy atom. The second kappa shape index (κ2) is 5.47. The molecule has 1 heterocycles. The molecule has 0 fully saturated rings. The highest BCUT2D eigenvalue weighted by atomic mass is 79.9. The van der Waals surface area contributed by atoms with Crippen LogP contribution in [0.15, 0.2) is 46.0 Å². The zero-order chi connectivity index (χ0) is 12.3. The van der Waals surface area contributed by atoms with Crippen LogP contribution in [0.5, 0.6) is 0 Å². The molecule has 1 aromatic rings. The van der Waals surface area contributed by atoms with Gasteiger partial charge in [-0.15, -0.1) is 0 Å². The molecule has 2 rings (SSSR count). The number of aryl methyl sites for hydroxylation is 1. The number of hydrogen-bond acceptors (Lipinski definition) is 3. The molecule has 1 atom stereocenters. The topological polar surface area (TPSA) is 41.6 Å². The van der Waals surface area contributed by atoms with Crippen LogP contribution >= 0.6 is 15.9 Å². The first-order chi connectivity index (χ1) is 8.15. The molecule has 0 saturated carbocycles. The minimum atomic E-state index is -0.236. The van der Waals surface area contributed by atoms with Crippen molar-refractivity contribution in [3.05, 3.63) is 46.6 Å². The summed E-state index contributed by atoms with van der Waals surface area (Å²) in [5.74, 6) is 0. The van der Waals surface area contributed by atoms with Crippen LogP contribution in [-0.4, -0.2) is 23.9 Å². The van der Waals surface area contributed by atoms with Gasteiger partial charge in [-0.25, -0.2) is 0 Å². The molecule has 0 aliphatic carbocycles. The third-order valence-corrected chi connectivity index (χ3v) is 3.33. The normalized spacial score (nSPS) is 19.4. The Labute approximate surface area is 110 Å². The van der Waals surface area contributed by atoms with E-state index in [1.54, 1.807) is 0 Å². The van der Waals surface area contributed by atoms with E-state index in [0.29, 0.717) is 0 Å². The minimum absolute atomic E-state index is 0.236. The summed E-state index contributed by atoms with van der Waals surface area (Å²) in [7, 11) is 1.93. The predicted molar refractivity (Wildman–Crippen MR) is 74.8 cm³/mol. The molecule has 0 saturated heterocycles. The van der Waals surface area contributed by atoms with Crippen LogP contribution in [0.25, 0.3) is 0 Å². The van der Waals surface area contributed by atoms with Crippen molar-refractivity contribution in [2.24, 2.45) is 10.7 Å². The highest BCUT2D eigenvalue weighted by molar-refractivity contribution is 9.10. The van der Waals surface area contributed by atoms with Crippen molar-refractivity contribution in [3.63, 3.8) is 0 Å². The molecule has 1 unspecified atom stereocenters.